The topological polar surface area (TPSA) is 31.4 Å². The first-order valence-corrected chi connectivity index (χ1v) is 4.28. The highest BCUT2D eigenvalue weighted by Gasteiger charge is 2.07. The van der Waals surface area contributed by atoms with Gasteiger partial charge in [-0.15, -0.1) is 0 Å². The molecule has 0 aliphatic rings. The van der Waals surface area contributed by atoms with Crippen molar-refractivity contribution in [3.63, 3.8) is 0 Å². The van der Waals surface area contributed by atoms with Crippen molar-refractivity contribution in [3.05, 3.63) is 17.8 Å². The van der Waals surface area contributed by atoms with Crippen molar-refractivity contribution >= 4 is 0 Å². The molecule has 1 aromatic heterocycles. The lowest BCUT2D eigenvalue weighted by Gasteiger charge is -2.09. The lowest BCUT2D eigenvalue weighted by atomic mass is 10.1. The molecular formula is C10H15NO2. The minimum Gasteiger partial charge on any atom is -0.491 e. The zero-order valence-electron chi connectivity index (χ0n) is 8.50. The van der Waals surface area contributed by atoms with Crippen molar-refractivity contribution in [3.8, 4) is 11.6 Å². The first-order chi connectivity index (χ1) is 6.19. The molecule has 0 atom stereocenters. The Bertz CT molecular complexity index is 284. The summed E-state index contributed by atoms with van der Waals surface area (Å²) in [5.74, 6) is 1.63. The fourth-order valence-corrected chi connectivity index (χ4v) is 1.07. The van der Waals surface area contributed by atoms with E-state index in [0.717, 1.165) is 5.69 Å². The minimum absolute atomic E-state index is 0.403. The van der Waals surface area contributed by atoms with Crippen LogP contribution in [-0.2, 0) is 0 Å². The van der Waals surface area contributed by atoms with Gasteiger partial charge in [0.2, 0.25) is 0 Å². The summed E-state index contributed by atoms with van der Waals surface area (Å²) < 4.78 is 10.2. The fourth-order valence-electron chi connectivity index (χ4n) is 1.07. The van der Waals surface area contributed by atoms with Crippen LogP contribution in [0, 0.1) is 0 Å². The van der Waals surface area contributed by atoms with Crippen LogP contribution in [0.25, 0.3) is 0 Å². The minimum atomic E-state index is 0.403. The van der Waals surface area contributed by atoms with E-state index < -0.39 is 0 Å². The number of ether oxygens (including phenoxy) is 2. The maximum Gasteiger partial charge on any atom is 0.256 e. The van der Waals surface area contributed by atoms with Gasteiger partial charge in [-0.2, -0.15) is 0 Å². The highest BCUT2D eigenvalue weighted by atomic mass is 16.5. The monoisotopic (exact) mass is 181 g/mol. The van der Waals surface area contributed by atoms with Gasteiger partial charge in [0, 0.05) is 5.69 Å². The quantitative estimate of drug-likeness (QED) is 0.716. The van der Waals surface area contributed by atoms with E-state index in [1.807, 2.05) is 12.1 Å². The molecule has 3 nitrogen and oxygen atoms in total. The van der Waals surface area contributed by atoms with Gasteiger partial charge in [-0.25, -0.2) is 4.98 Å². The predicted octanol–water partition coefficient (Wildman–Crippen LogP) is 2.22. The number of pyridine rings is 1. The Morgan fingerprint density at radius 1 is 1.15 bits per heavy atom. The van der Waals surface area contributed by atoms with Gasteiger partial charge in [-0.3, -0.25) is 0 Å². The zero-order chi connectivity index (χ0) is 9.84. The average molecular weight is 181 g/mol. The van der Waals surface area contributed by atoms with Crippen LogP contribution in [0.2, 0.25) is 0 Å². The summed E-state index contributed by atoms with van der Waals surface area (Å²) in [6.07, 6.45) is 0. The number of methoxy groups -OCH3 is 2. The van der Waals surface area contributed by atoms with Crippen molar-refractivity contribution in [1.82, 2.24) is 4.98 Å². The lowest BCUT2D eigenvalue weighted by Crippen LogP contribution is -1.98. The van der Waals surface area contributed by atoms with Crippen LogP contribution in [0.1, 0.15) is 25.5 Å². The van der Waals surface area contributed by atoms with E-state index in [9.17, 15) is 0 Å². The third kappa shape index (κ3) is 2.11. The summed E-state index contributed by atoms with van der Waals surface area (Å²) in [5.41, 5.74) is 1.01. The van der Waals surface area contributed by atoms with Crippen LogP contribution in [0.5, 0.6) is 11.6 Å². The number of rotatable bonds is 3. The van der Waals surface area contributed by atoms with Gasteiger partial charge in [0.25, 0.3) is 5.88 Å². The summed E-state index contributed by atoms with van der Waals surface area (Å²) in [6, 6.07) is 3.83. The zero-order valence-corrected chi connectivity index (χ0v) is 8.50. The number of aromatic nitrogens is 1. The van der Waals surface area contributed by atoms with Crippen molar-refractivity contribution in [2.75, 3.05) is 14.2 Å². The van der Waals surface area contributed by atoms with Gasteiger partial charge in [0.15, 0.2) is 5.75 Å². The largest absolute Gasteiger partial charge is 0.491 e. The maximum atomic E-state index is 5.09. The number of hydrogen-bond donors (Lipinski definition) is 0. The molecule has 13 heavy (non-hydrogen) atoms. The smallest absolute Gasteiger partial charge is 0.256 e. The van der Waals surface area contributed by atoms with E-state index in [0.29, 0.717) is 17.5 Å². The number of nitrogens with zero attached hydrogens (tertiary/aromatic N) is 1. The third-order valence-corrected chi connectivity index (χ3v) is 1.85. The van der Waals surface area contributed by atoms with E-state index in [2.05, 4.69) is 18.8 Å². The van der Waals surface area contributed by atoms with E-state index in [-0.39, 0.29) is 0 Å². The van der Waals surface area contributed by atoms with E-state index in [1.165, 1.54) is 0 Å². The molecule has 0 saturated carbocycles. The summed E-state index contributed by atoms with van der Waals surface area (Å²) >= 11 is 0. The van der Waals surface area contributed by atoms with Crippen molar-refractivity contribution in [1.29, 1.82) is 0 Å². The molecule has 0 spiro atoms. The van der Waals surface area contributed by atoms with E-state index in [1.54, 1.807) is 14.2 Å². The summed E-state index contributed by atoms with van der Waals surface area (Å²) in [4.78, 5) is 4.31. The van der Waals surface area contributed by atoms with Crippen LogP contribution < -0.4 is 9.47 Å². The molecule has 0 bridgehead atoms. The summed E-state index contributed by atoms with van der Waals surface area (Å²) in [5, 5.41) is 0. The van der Waals surface area contributed by atoms with Gasteiger partial charge < -0.3 is 9.47 Å². The van der Waals surface area contributed by atoms with Gasteiger partial charge >= 0.3 is 0 Å². The predicted molar refractivity (Wildman–Crippen MR) is 51.4 cm³/mol. The summed E-state index contributed by atoms with van der Waals surface area (Å²) in [7, 11) is 3.20. The molecule has 1 heterocycles. The van der Waals surface area contributed by atoms with Gasteiger partial charge in [-0.05, 0) is 18.1 Å². The Kier molecular flexibility index (Phi) is 3.12. The van der Waals surface area contributed by atoms with Crippen LogP contribution >= 0.6 is 0 Å². The van der Waals surface area contributed by atoms with Gasteiger partial charge in [0.1, 0.15) is 0 Å². The molecule has 0 aliphatic heterocycles. The van der Waals surface area contributed by atoms with Crippen molar-refractivity contribution in [2.24, 2.45) is 0 Å². The Balaban J connectivity index is 3.05. The standard InChI is InChI=1S/C10H15NO2/c1-7(2)8-5-6-9(12-3)10(11-8)13-4/h5-7H,1-4H3. The molecule has 0 unspecified atom stereocenters. The maximum absolute atomic E-state index is 5.09. The molecule has 0 aliphatic carbocycles. The molecule has 0 N–H and O–H groups in total. The third-order valence-electron chi connectivity index (χ3n) is 1.85. The van der Waals surface area contributed by atoms with Crippen LogP contribution in [-0.4, -0.2) is 19.2 Å². The van der Waals surface area contributed by atoms with Crippen molar-refractivity contribution in [2.45, 2.75) is 19.8 Å². The van der Waals surface area contributed by atoms with Crippen LogP contribution in [0.3, 0.4) is 0 Å². The lowest BCUT2D eigenvalue weighted by molar-refractivity contribution is 0.341. The first-order valence-electron chi connectivity index (χ1n) is 4.28. The first kappa shape index (κ1) is 9.84. The number of hydrogen-bond acceptors (Lipinski definition) is 3. The van der Waals surface area contributed by atoms with Gasteiger partial charge in [-0.1, -0.05) is 13.8 Å². The molecule has 0 amide bonds. The van der Waals surface area contributed by atoms with Crippen LogP contribution in [0.4, 0.5) is 0 Å². The van der Waals surface area contributed by atoms with Crippen LogP contribution in [0.15, 0.2) is 12.1 Å². The van der Waals surface area contributed by atoms with Gasteiger partial charge in [0.05, 0.1) is 14.2 Å². The van der Waals surface area contributed by atoms with E-state index in [4.69, 9.17) is 9.47 Å². The molecule has 0 saturated heterocycles. The second-order valence-corrected chi connectivity index (χ2v) is 3.10. The highest BCUT2D eigenvalue weighted by molar-refractivity contribution is 5.35. The molecule has 3 heteroatoms. The highest BCUT2D eigenvalue weighted by Crippen LogP contribution is 2.26. The SMILES string of the molecule is COc1ccc(C(C)C)nc1OC. The molecule has 1 rings (SSSR count). The molecule has 0 radical (unpaired) electrons. The second kappa shape index (κ2) is 4.12. The Morgan fingerprint density at radius 2 is 1.85 bits per heavy atom. The molecule has 72 valence electrons. The average Bonchev–Trinajstić information content (AvgIpc) is 2.16. The molecule has 1 aromatic rings. The normalized spacial score (nSPS) is 10.2. The van der Waals surface area contributed by atoms with E-state index >= 15 is 0 Å². The molecule has 0 fully saturated rings. The molecule has 0 aromatic carbocycles. The molecular weight excluding hydrogens is 166 g/mol. The van der Waals surface area contributed by atoms with Crippen molar-refractivity contribution < 1.29 is 9.47 Å². The Labute approximate surface area is 78.7 Å². The Hall–Kier alpha value is -1.25. The summed E-state index contributed by atoms with van der Waals surface area (Å²) in [6.45, 7) is 4.18. The Morgan fingerprint density at radius 3 is 2.31 bits per heavy atom. The fraction of sp³-hybridized carbons (Fsp3) is 0.500. The second-order valence-electron chi connectivity index (χ2n) is 3.10.